The van der Waals surface area contributed by atoms with Gasteiger partial charge in [0.1, 0.15) is 0 Å². The average molecular weight is 518 g/mol. The number of nitrogens with zero attached hydrogens (tertiary/aromatic N) is 2. The van der Waals surface area contributed by atoms with Crippen LogP contribution in [0.25, 0.3) is 11.3 Å². The number of rotatable bonds is 10. The first-order valence-corrected chi connectivity index (χ1v) is 11.7. The van der Waals surface area contributed by atoms with E-state index in [4.69, 9.17) is 14.2 Å². The molecule has 1 aromatic heterocycles. The van der Waals surface area contributed by atoms with Crippen molar-refractivity contribution in [1.82, 2.24) is 4.98 Å². The van der Waals surface area contributed by atoms with Crippen molar-refractivity contribution in [2.24, 2.45) is 5.10 Å². The molecule has 7 nitrogen and oxygen atoms in total. The monoisotopic (exact) mass is 517 g/mol. The molecule has 0 aliphatic carbocycles. The van der Waals surface area contributed by atoms with E-state index >= 15 is 0 Å². The molecular weight excluding hydrogens is 494 g/mol. The van der Waals surface area contributed by atoms with Gasteiger partial charge in [0.2, 0.25) is 5.13 Å². The number of ether oxygens (including phenoxy) is 3. The fourth-order valence-corrected chi connectivity index (χ4v) is 3.78. The molecular formula is C23H24BrN3O4S. The van der Waals surface area contributed by atoms with Gasteiger partial charge in [0.15, 0.2) is 18.1 Å². The molecule has 168 valence electrons. The molecule has 0 aliphatic heterocycles. The van der Waals surface area contributed by atoms with Crippen molar-refractivity contribution in [3.8, 4) is 22.8 Å². The third-order valence-electron chi connectivity index (χ3n) is 4.01. The van der Waals surface area contributed by atoms with E-state index in [2.05, 4.69) is 31.4 Å². The molecule has 1 N–H and O–H groups in total. The Kier molecular flexibility index (Phi) is 8.64. The van der Waals surface area contributed by atoms with E-state index in [-0.39, 0.29) is 12.7 Å². The van der Waals surface area contributed by atoms with Crippen LogP contribution in [0.1, 0.15) is 26.3 Å². The Morgan fingerprint density at radius 3 is 2.69 bits per heavy atom. The van der Waals surface area contributed by atoms with Gasteiger partial charge >= 0.3 is 5.97 Å². The maximum atomic E-state index is 11.8. The van der Waals surface area contributed by atoms with Crippen LogP contribution in [0.5, 0.6) is 11.5 Å². The number of nitrogens with one attached hydrogen (secondary N) is 1. The van der Waals surface area contributed by atoms with Crippen LogP contribution in [-0.2, 0) is 9.53 Å². The Bertz CT molecular complexity index is 1070. The first-order valence-electron chi connectivity index (χ1n) is 10.0. The molecule has 0 fully saturated rings. The number of carbonyl (C=O) groups excluding carboxylic acids is 1. The maximum absolute atomic E-state index is 11.8. The minimum Gasteiger partial charge on any atom is -0.490 e. The Hall–Kier alpha value is -2.91. The normalized spacial score (nSPS) is 11.0. The lowest BCUT2D eigenvalue weighted by molar-refractivity contribution is -0.149. The number of hydrogen-bond acceptors (Lipinski definition) is 8. The summed E-state index contributed by atoms with van der Waals surface area (Å²) in [7, 11) is 0. The van der Waals surface area contributed by atoms with Crippen LogP contribution in [0.4, 0.5) is 5.13 Å². The predicted octanol–water partition coefficient (Wildman–Crippen LogP) is 5.75. The molecule has 0 bridgehead atoms. The number of halogens is 1. The lowest BCUT2D eigenvalue weighted by Crippen LogP contribution is -2.19. The molecule has 0 amide bonds. The largest absolute Gasteiger partial charge is 0.490 e. The fraction of sp³-hybridized carbons (Fsp3) is 0.261. The summed E-state index contributed by atoms with van der Waals surface area (Å²) in [6, 6.07) is 13.5. The molecule has 0 saturated heterocycles. The second-order valence-corrected chi connectivity index (χ2v) is 8.57. The number of hydrogen-bond donors (Lipinski definition) is 1. The first-order chi connectivity index (χ1) is 15.5. The van der Waals surface area contributed by atoms with Crippen molar-refractivity contribution in [3.05, 3.63) is 57.9 Å². The highest BCUT2D eigenvalue weighted by Gasteiger charge is 2.13. The third-order valence-corrected chi connectivity index (χ3v) is 5.45. The van der Waals surface area contributed by atoms with E-state index in [9.17, 15) is 4.79 Å². The van der Waals surface area contributed by atoms with E-state index in [1.165, 1.54) is 11.3 Å². The number of aromatic nitrogens is 1. The zero-order valence-corrected chi connectivity index (χ0v) is 20.4. The van der Waals surface area contributed by atoms with E-state index in [1.807, 2.05) is 42.6 Å². The van der Waals surface area contributed by atoms with E-state index < -0.39 is 5.97 Å². The predicted molar refractivity (Wildman–Crippen MR) is 131 cm³/mol. The molecule has 0 saturated carbocycles. The highest BCUT2D eigenvalue weighted by Crippen LogP contribution is 2.33. The summed E-state index contributed by atoms with van der Waals surface area (Å²) in [4.78, 5) is 16.3. The highest BCUT2D eigenvalue weighted by molar-refractivity contribution is 9.10. The lowest BCUT2D eigenvalue weighted by Gasteiger charge is -2.14. The Morgan fingerprint density at radius 2 is 1.97 bits per heavy atom. The molecule has 0 unspecified atom stereocenters. The summed E-state index contributed by atoms with van der Waals surface area (Å²) < 4.78 is 17.1. The number of hydrazone groups is 1. The summed E-state index contributed by atoms with van der Waals surface area (Å²) in [5, 5.41) is 6.95. The van der Waals surface area contributed by atoms with Crippen molar-refractivity contribution in [3.63, 3.8) is 0 Å². The summed E-state index contributed by atoms with van der Waals surface area (Å²) >= 11 is 4.99. The average Bonchev–Trinajstić information content (AvgIpc) is 3.24. The van der Waals surface area contributed by atoms with Gasteiger partial charge in [0.25, 0.3) is 0 Å². The first kappa shape index (κ1) is 23.7. The summed E-state index contributed by atoms with van der Waals surface area (Å²) in [6.07, 6.45) is 1.46. The van der Waals surface area contributed by atoms with Crippen molar-refractivity contribution >= 4 is 44.6 Å². The quantitative estimate of drug-likeness (QED) is 0.209. The van der Waals surface area contributed by atoms with Crippen molar-refractivity contribution in [1.29, 1.82) is 0 Å². The SMILES string of the molecule is CCOc1cc(C=NNc2nc(-c3ccccc3)cs2)c(Br)cc1OCC(=O)OC(C)C. The van der Waals surface area contributed by atoms with Crippen molar-refractivity contribution < 1.29 is 19.0 Å². The van der Waals surface area contributed by atoms with Crippen molar-refractivity contribution in [2.75, 3.05) is 18.6 Å². The number of benzene rings is 2. The van der Waals surface area contributed by atoms with E-state index in [1.54, 1.807) is 32.2 Å². The third kappa shape index (κ3) is 6.80. The Balaban J connectivity index is 1.68. The van der Waals surface area contributed by atoms with Gasteiger partial charge in [-0.2, -0.15) is 5.10 Å². The Labute approximate surface area is 199 Å². The maximum Gasteiger partial charge on any atom is 0.344 e. The van der Waals surface area contributed by atoms with Crippen molar-refractivity contribution in [2.45, 2.75) is 26.9 Å². The molecule has 2 aromatic carbocycles. The van der Waals surface area contributed by atoms with E-state index in [0.29, 0.717) is 23.2 Å². The smallest absolute Gasteiger partial charge is 0.344 e. The number of carbonyl (C=O) groups is 1. The van der Waals surface area contributed by atoms with Gasteiger partial charge in [-0.25, -0.2) is 9.78 Å². The summed E-state index contributed by atoms with van der Waals surface area (Å²) in [6.45, 7) is 5.70. The molecule has 3 rings (SSSR count). The molecule has 9 heteroatoms. The summed E-state index contributed by atoms with van der Waals surface area (Å²) in [5.74, 6) is 0.513. The molecule has 32 heavy (non-hydrogen) atoms. The molecule has 0 atom stereocenters. The zero-order valence-electron chi connectivity index (χ0n) is 18.0. The van der Waals surface area contributed by atoms with Crippen LogP contribution in [0, 0.1) is 0 Å². The fourth-order valence-electron chi connectivity index (χ4n) is 2.69. The molecule has 1 heterocycles. The van der Waals surface area contributed by atoms with Crippen LogP contribution in [0.3, 0.4) is 0 Å². The van der Waals surface area contributed by atoms with Crippen LogP contribution in [0.2, 0.25) is 0 Å². The highest BCUT2D eigenvalue weighted by atomic mass is 79.9. The van der Waals surface area contributed by atoms with Gasteiger partial charge in [0, 0.05) is 21.0 Å². The standard InChI is InChI=1S/C23H24BrN3O4S/c1-4-29-20-10-17(18(24)11-21(20)30-13-22(28)31-15(2)3)12-25-27-23-26-19(14-32-23)16-8-6-5-7-9-16/h5-12,14-15H,4,13H2,1-3H3,(H,26,27). The number of esters is 1. The molecule has 0 radical (unpaired) electrons. The number of anilines is 1. The van der Waals surface area contributed by atoms with Gasteiger partial charge in [-0.3, -0.25) is 5.43 Å². The number of thiazole rings is 1. The van der Waals surface area contributed by atoms with Crippen LogP contribution in [0.15, 0.2) is 57.4 Å². The molecule has 3 aromatic rings. The zero-order chi connectivity index (χ0) is 22.9. The second-order valence-electron chi connectivity index (χ2n) is 6.85. The summed E-state index contributed by atoms with van der Waals surface area (Å²) in [5.41, 5.74) is 5.68. The Morgan fingerprint density at radius 1 is 1.22 bits per heavy atom. The van der Waals surface area contributed by atoms with Gasteiger partial charge in [-0.1, -0.05) is 30.3 Å². The minimum absolute atomic E-state index is 0.197. The van der Waals surface area contributed by atoms with Crippen LogP contribution in [-0.4, -0.2) is 36.5 Å². The van der Waals surface area contributed by atoms with Gasteiger partial charge in [-0.15, -0.1) is 11.3 Å². The van der Waals surface area contributed by atoms with Gasteiger partial charge in [-0.05, 0) is 48.8 Å². The van der Waals surface area contributed by atoms with Crippen LogP contribution < -0.4 is 14.9 Å². The van der Waals surface area contributed by atoms with Crippen LogP contribution >= 0.6 is 27.3 Å². The van der Waals surface area contributed by atoms with E-state index in [0.717, 1.165) is 21.3 Å². The second kappa shape index (κ2) is 11.6. The lowest BCUT2D eigenvalue weighted by atomic mass is 10.2. The minimum atomic E-state index is -0.438. The topological polar surface area (TPSA) is 82.0 Å². The van der Waals surface area contributed by atoms with Gasteiger partial charge in [0.05, 0.1) is 24.6 Å². The molecule has 0 spiro atoms. The molecule has 0 aliphatic rings. The van der Waals surface area contributed by atoms with Gasteiger partial charge < -0.3 is 14.2 Å².